The predicted molar refractivity (Wildman–Crippen MR) is 188 cm³/mol. The van der Waals surface area contributed by atoms with E-state index in [4.69, 9.17) is 1.37 Å². The largest absolute Gasteiger partial charge is 0.135 e. The Hall–Kier alpha value is -5.24. The Bertz CT molecular complexity index is 2510. The third-order valence-electron chi connectivity index (χ3n) is 8.77. The van der Waals surface area contributed by atoms with Gasteiger partial charge in [0.15, 0.2) is 0 Å². The third-order valence-corrected chi connectivity index (χ3v) is 9.91. The lowest BCUT2D eigenvalue weighted by Gasteiger charge is -2.18. The van der Waals surface area contributed by atoms with Crippen molar-refractivity contribution in [3.63, 3.8) is 0 Å². The van der Waals surface area contributed by atoms with Crippen molar-refractivity contribution in [1.82, 2.24) is 0 Å². The van der Waals surface area contributed by atoms with Gasteiger partial charge in [0, 0.05) is 20.2 Å². The van der Waals surface area contributed by atoms with Crippen molar-refractivity contribution in [1.29, 1.82) is 0 Å². The van der Waals surface area contributed by atoms with E-state index in [9.17, 15) is 0 Å². The zero-order chi connectivity index (χ0) is 29.2. The van der Waals surface area contributed by atoms with E-state index in [1.165, 1.54) is 75.1 Å². The lowest BCUT2D eigenvalue weighted by molar-refractivity contribution is 1.64. The summed E-state index contributed by atoms with van der Waals surface area (Å²) in [6.07, 6.45) is 0. The third kappa shape index (κ3) is 3.82. The lowest BCUT2D eigenvalue weighted by Crippen LogP contribution is -1.91. The first-order valence-corrected chi connectivity index (χ1v) is 15.5. The summed E-state index contributed by atoms with van der Waals surface area (Å²) in [6, 6.07) is 55.3. The number of fused-ring (bicyclic) bond motifs is 6. The maximum absolute atomic E-state index is 8.05. The van der Waals surface area contributed by atoms with Gasteiger partial charge in [-0.1, -0.05) is 133 Å². The van der Waals surface area contributed by atoms with Gasteiger partial charge < -0.3 is 0 Å². The summed E-state index contributed by atoms with van der Waals surface area (Å²) in [7, 11) is 0. The monoisotopic (exact) mass is 563 g/mol. The quantitative estimate of drug-likeness (QED) is 0.188. The Kier molecular flexibility index (Phi) is 5.24. The van der Waals surface area contributed by atoms with E-state index in [1.807, 2.05) is 23.5 Å². The highest BCUT2D eigenvalue weighted by molar-refractivity contribution is 7.25. The summed E-state index contributed by atoms with van der Waals surface area (Å²) in [5.74, 6) is 0. The molecule has 1 aromatic heterocycles. The van der Waals surface area contributed by atoms with Gasteiger partial charge in [-0.05, 0) is 90.0 Å². The van der Waals surface area contributed by atoms with Gasteiger partial charge in [0.05, 0.1) is 1.37 Å². The van der Waals surface area contributed by atoms with Gasteiger partial charge in [0.2, 0.25) is 0 Å². The van der Waals surface area contributed by atoms with Crippen LogP contribution in [0.4, 0.5) is 0 Å². The lowest BCUT2D eigenvalue weighted by atomic mass is 9.85. The second-order valence-electron chi connectivity index (χ2n) is 11.2. The molecule has 1 heterocycles. The Morgan fingerprint density at radius 1 is 0.395 bits per heavy atom. The minimum absolute atomic E-state index is 0.538. The van der Waals surface area contributed by atoms with Crippen LogP contribution in [0.2, 0.25) is 0 Å². The highest BCUT2D eigenvalue weighted by atomic mass is 32.1. The van der Waals surface area contributed by atoms with Gasteiger partial charge in [-0.3, -0.25) is 0 Å². The molecule has 0 aliphatic rings. The molecule has 0 radical (unpaired) electrons. The van der Waals surface area contributed by atoms with Gasteiger partial charge in [-0.15, -0.1) is 11.3 Å². The molecule has 9 rings (SSSR count). The van der Waals surface area contributed by atoms with Crippen LogP contribution in [0.15, 0.2) is 158 Å². The van der Waals surface area contributed by atoms with Gasteiger partial charge in [0.25, 0.3) is 0 Å². The molecule has 0 aliphatic heterocycles. The second kappa shape index (κ2) is 9.66. The zero-order valence-corrected chi connectivity index (χ0v) is 24.2. The summed E-state index contributed by atoms with van der Waals surface area (Å²) in [6.45, 7) is 0. The molecule has 0 fully saturated rings. The van der Waals surface area contributed by atoms with Crippen LogP contribution in [0, 0.1) is 0 Å². The van der Waals surface area contributed by atoms with E-state index >= 15 is 0 Å². The molecule has 0 aliphatic carbocycles. The van der Waals surface area contributed by atoms with Crippen LogP contribution in [0.1, 0.15) is 1.37 Å². The Balaban J connectivity index is 1.31. The molecule has 1 heteroatoms. The molecular formula is C42H26S. The molecule has 43 heavy (non-hydrogen) atoms. The average Bonchev–Trinajstić information content (AvgIpc) is 3.46. The van der Waals surface area contributed by atoms with Gasteiger partial charge >= 0.3 is 0 Å². The van der Waals surface area contributed by atoms with E-state index < -0.39 is 0 Å². The van der Waals surface area contributed by atoms with Crippen LogP contribution in [-0.4, -0.2) is 0 Å². The van der Waals surface area contributed by atoms with E-state index in [-0.39, 0.29) is 0 Å². The summed E-state index contributed by atoms with van der Waals surface area (Å²) < 4.78 is 10.7. The fourth-order valence-corrected chi connectivity index (χ4v) is 8.02. The molecule has 0 spiro atoms. The fraction of sp³-hybridized carbons (Fsp3) is 0. The topological polar surface area (TPSA) is 0 Å². The number of benzene rings is 8. The fourth-order valence-electron chi connectivity index (χ4n) is 6.89. The smallest absolute Gasteiger partial charge is 0.0623 e. The molecule has 8 aromatic carbocycles. The second-order valence-corrected chi connectivity index (χ2v) is 12.3. The maximum Gasteiger partial charge on any atom is 0.0623 e. The van der Waals surface area contributed by atoms with Crippen molar-refractivity contribution in [2.24, 2.45) is 0 Å². The molecule has 0 unspecified atom stereocenters. The van der Waals surface area contributed by atoms with E-state index in [1.54, 1.807) is 0 Å². The van der Waals surface area contributed by atoms with Gasteiger partial charge in [-0.25, -0.2) is 0 Å². The predicted octanol–water partition coefficient (Wildman–Crippen LogP) is 12.5. The molecule has 0 bridgehead atoms. The standard InChI is InChI=1S/C42H26S/c1-2-12-28-25-31(24-23-27(28)11-1)41-35-17-5-3-15-33(35)40(34-16-4-6-18-36(34)41)30-14-9-13-29(26-30)32-20-10-22-39-42(32)37-19-7-8-21-38(37)43-39/h1-26H/i1D. The van der Waals surface area contributed by atoms with Crippen molar-refractivity contribution >= 4 is 63.8 Å². The molecular weight excluding hydrogens is 537 g/mol. The first-order chi connectivity index (χ1) is 21.7. The molecule has 0 atom stereocenters. The van der Waals surface area contributed by atoms with Crippen LogP contribution in [0.25, 0.3) is 85.9 Å². The van der Waals surface area contributed by atoms with Crippen LogP contribution >= 0.6 is 11.3 Å². The van der Waals surface area contributed by atoms with Crippen molar-refractivity contribution < 1.29 is 1.37 Å². The van der Waals surface area contributed by atoms with Crippen molar-refractivity contribution in [3.05, 3.63) is 158 Å². The van der Waals surface area contributed by atoms with Crippen molar-refractivity contribution in [3.8, 4) is 33.4 Å². The maximum atomic E-state index is 8.05. The summed E-state index contributed by atoms with van der Waals surface area (Å²) >= 11 is 1.87. The minimum Gasteiger partial charge on any atom is -0.135 e. The molecule has 9 aromatic rings. The molecule has 0 saturated heterocycles. The Labute approximate surface area is 255 Å². The summed E-state index contributed by atoms with van der Waals surface area (Å²) in [5, 5.41) is 9.89. The van der Waals surface area contributed by atoms with Crippen LogP contribution in [0.5, 0.6) is 0 Å². The molecule has 0 N–H and O–H groups in total. The molecule has 200 valence electrons. The van der Waals surface area contributed by atoms with Crippen LogP contribution in [-0.2, 0) is 0 Å². The minimum atomic E-state index is 0.538. The first-order valence-electron chi connectivity index (χ1n) is 15.2. The zero-order valence-electron chi connectivity index (χ0n) is 24.3. The summed E-state index contributed by atoms with van der Waals surface area (Å²) in [4.78, 5) is 0. The van der Waals surface area contributed by atoms with Crippen LogP contribution in [0.3, 0.4) is 0 Å². The normalized spacial score (nSPS) is 12.0. The van der Waals surface area contributed by atoms with E-state index in [0.29, 0.717) is 6.04 Å². The number of hydrogen-bond acceptors (Lipinski definition) is 1. The molecule has 0 nitrogen and oxygen atoms in total. The average molecular weight is 564 g/mol. The summed E-state index contributed by atoms with van der Waals surface area (Å²) in [5.41, 5.74) is 7.45. The first kappa shape index (κ1) is 23.3. The van der Waals surface area contributed by atoms with E-state index in [2.05, 4.69) is 140 Å². The SMILES string of the molecule is [2H]c1ccc2cc(-c3c4ccccc4c(-c4cccc(-c5cccc6sc7ccccc7c56)c4)c4ccccc34)ccc2c1. The van der Waals surface area contributed by atoms with Crippen molar-refractivity contribution in [2.75, 3.05) is 0 Å². The van der Waals surface area contributed by atoms with Crippen molar-refractivity contribution in [2.45, 2.75) is 0 Å². The number of rotatable bonds is 3. The highest BCUT2D eigenvalue weighted by Crippen LogP contribution is 2.45. The number of hydrogen-bond donors (Lipinski definition) is 0. The highest BCUT2D eigenvalue weighted by Gasteiger charge is 2.18. The Morgan fingerprint density at radius 3 is 1.74 bits per heavy atom. The van der Waals surface area contributed by atoms with Gasteiger partial charge in [-0.2, -0.15) is 0 Å². The molecule has 0 saturated carbocycles. The van der Waals surface area contributed by atoms with Gasteiger partial charge in [0.1, 0.15) is 0 Å². The number of thiophene rings is 1. The Morgan fingerprint density at radius 2 is 1.00 bits per heavy atom. The molecule has 0 amide bonds. The van der Waals surface area contributed by atoms with E-state index in [0.717, 1.165) is 10.8 Å². The van der Waals surface area contributed by atoms with Crippen LogP contribution < -0.4 is 0 Å².